The van der Waals surface area contributed by atoms with E-state index in [-0.39, 0.29) is 0 Å². The standard InChI is InChI=1S/C14H19ClN2/c1-2-17-13-7-8-14(17)10-16(9-13)12-5-3-11(15)4-6-12/h3-6,13-14H,2,7-10H2,1H3. The van der Waals surface area contributed by atoms with Crippen LogP contribution in [0.15, 0.2) is 24.3 Å². The molecule has 0 aromatic heterocycles. The minimum atomic E-state index is 0.759. The fourth-order valence-electron chi connectivity index (χ4n) is 3.37. The molecule has 3 rings (SSSR count). The highest BCUT2D eigenvalue weighted by Gasteiger charge is 2.38. The van der Waals surface area contributed by atoms with Crippen molar-refractivity contribution >= 4 is 17.3 Å². The minimum absolute atomic E-state index is 0.759. The van der Waals surface area contributed by atoms with Gasteiger partial charge in [-0.3, -0.25) is 4.90 Å². The van der Waals surface area contributed by atoms with E-state index in [1.54, 1.807) is 0 Å². The molecule has 0 amide bonds. The van der Waals surface area contributed by atoms with Gasteiger partial charge >= 0.3 is 0 Å². The molecule has 2 aliphatic heterocycles. The molecule has 2 bridgehead atoms. The predicted octanol–water partition coefficient (Wildman–Crippen LogP) is 3.01. The molecule has 0 N–H and O–H groups in total. The van der Waals surface area contributed by atoms with Crippen LogP contribution in [-0.2, 0) is 0 Å². The third-order valence-corrected chi connectivity index (χ3v) is 4.44. The lowest BCUT2D eigenvalue weighted by atomic mass is 10.1. The first-order valence-electron chi connectivity index (χ1n) is 6.54. The predicted molar refractivity (Wildman–Crippen MR) is 72.9 cm³/mol. The maximum Gasteiger partial charge on any atom is 0.0407 e. The second-order valence-electron chi connectivity index (χ2n) is 5.10. The Balaban J connectivity index is 1.77. The van der Waals surface area contributed by atoms with Gasteiger partial charge in [-0.25, -0.2) is 0 Å². The molecule has 17 heavy (non-hydrogen) atoms. The molecular formula is C14H19ClN2. The van der Waals surface area contributed by atoms with Crippen molar-refractivity contribution in [2.75, 3.05) is 24.5 Å². The number of fused-ring (bicyclic) bond motifs is 2. The Labute approximate surface area is 108 Å². The van der Waals surface area contributed by atoms with E-state index in [0.29, 0.717) is 0 Å². The van der Waals surface area contributed by atoms with Crippen LogP contribution in [-0.4, -0.2) is 36.6 Å². The molecule has 2 atom stereocenters. The highest BCUT2D eigenvalue weighted by atomic mass is 35.5. The summed E-state index contributed by atoms with van der Waals surface area (Å²) >= 11 is 5.94. The Hall–Kier alpha value is -0.730. The molecule has 92 valence electrons. The third-order valence-electron chi connectivity index (χ3n) is 4.19. The Bertz CT molecular complexity index is 376. The zero-order valence-corrected chi connectivity index (χ0v) is 11.0. The molecule has 1 aromatic carbocycles. The number of anilines is 1. The van der Waals surface area contributed by atoms with Crippen LogP contribution < -0.4 is 4.90 Å². The third kappa shape index (κ3) is 2.04. The summed E-state index contributed by atoms with van der Waals surface area (Å²) in [5.74, 6) is 0. The second-order valence-corrected chi connectivity index (χ2v) is 5.53. The number of nitrogens with zero attached hydrogens (tertiary/aromatic N) is 2. The monoisotopic (exact) mass is 250 g/mol. The summed E-state index contributed by atoms with van der Waals surface area (Å²) in [5, 5.41) is 0.823. The number of halogens is 1. The van der Waals surface area contributed by atoms with Crippen molar-refractivity contribution in [2.45, 2.75) is 31.8 Å². The first kappa shape index (κ1) is 11.4. The van der Waals surface area contributed by atoms with E-state index in [4.69, 9.17) is 11.6 Å². The zero-order valence-electron chi connectivity index (χ0n) is 10.3. The van der Waals surface area contributed by atoms with Gasteiger partial charge < -0.3 is 4.90 Å². The van der Waals surface area contributed by atoms with Gasteiger partial charge in [0.05, 0.1) is 0 Å². The van der Waals surface area contributed by atoms with Crippen molar-refractivity contribution in [1.29, 1.82) is 0 Å². The Morgan fingerprint density at radius 2 is 1.71 bits per heavy atom. The number of likely N-dealkylation sites (N-methyl/N-ethyl adjacent to an activating group) is 1. The van der Waals surface area contributed by atoms with Crippen molar-refractivity contribution in [1.82, 2.24) is 4.90 Å². The summed E-state index contributed by atoms with van der Waals surface area (Å²) in [6.45, 7) is 5.82. The molecule has 0 saturated carbocycles. The molecule has 2 saturated heterocycles. The highest BCUT2D eigenvalue weighted by molar-refractivity contribution is 6.30. The number of benzene rings is 1. The van der Waals surface area contributed by atoms with Crippen molar-refractivity contribution < 1.29 is 0 Å². The van der Waals surface area contributed by atoms with Crippen LogP contribution >= 0.6 is 11.6 Å². The molecule has 0 radical (unpaired) electrons. The van der Waals surface area contributed by atoms with Crippen molar-refractivity contribution in [3.8, 4) is 0 Å². The highest BCUT2D eigenvalue weighted by Crippen LogP contribution is 2.32. The molecular weight excluding hydrogens is 232 g/mol. The lowest BCUT2D eigenvalue weighted by Gasteiger charge is -2.41. The topological polar surface area (TPSA) is 6.48 Å². The Kier molecular flexibility index (Phi) is 3.01. The maximum absolute atomic E-state index is 5.94. The van der Waals surface area contributed by atoms with E-state index in [1.807, 2.05) is 12.1 Å². The van der Waals surface area contributed by atoms with E-state index in [2.05, 4.69) is 28.9 Å². The molecule has 1 aromatic rings. The van der Waals surface area contributed by atoms with Gasteiger partial charge in [0.25, 0.3) is 0 Å². The summed E-state index contributed by atoms with van der Waals surface area (Å²) in [7, 11) is 0. The smallest absolute Gasteiger partial charge is 0.0407 e. The van der Waals surface area contributed by atoms with Crippen molar-refractivity contribution in [3.05, 3.63) is 29.3 Å². The van der Waals surface area contributed by atoms with Gasteiger partial charge in [0.15, 0.2) is 0 Å². The normalized spacial score (nSPS) is 28.7. The lowest BCUT2D eigenvalue weighted by Crippen LogP contribution is -2.53. The van der Waals surface area contributed by atoms with Gasteiger partial charge in [0.2, 0.25) is 0 Å². The number of hydrogen-bond acceptors (Lipinski definition) is 2. The molecule has 2 nitrogen and oxygen atoms in total. The van der Waals surface area contributed by atoms with Crippen LogP contribution in [0.1, 0.15) is 19.8 Å². The first-order valence-corrected chi connectivity index (χ1v) is 6.92. The first-order chi connectivity index (χ1) is 8.28. The molecule has 2 fully saturated rings. The van der Waals surface area contributed by atoms with Crippen LogP contribution in [0.2, 0.25) is 5.02 Å². The lowest BCUT2D eigenvalue weighted by molar-refractivity contribution is 0.179. The summed E-state index contributed by atoms with van der Waals surface area (Å²) < 4.78 is 0. The molecule has 2 heterocycles. The Morgan fingerprint density at radius 3 is 2.24 bits per heavy atom. The SMILES string of the molecule is CCN1C2CCC1CN(c1ccc(Cl)cc1)C2. The fraction of sp³-hybridized carbons (Fsp3) is 0.571. The van der Waals surface area contributed by atoms with Crippen LogP contribution in [0.5, 0.6) is 0 Å². The number of hydrogen-bond donors (Lipinski definition) is 0. The van der Waals surface area contributed by atoms with Crippen LogP contribution in [0, 0.1) is 0 Å². The number of piperazine rings is 1. The zero-order chi connectivity index (χ0) is 11.8. The van der Waals surface area contributed by atoms with Gasteiger partial charge in [0.1, 0.15) is 0 Å². The maximum atomic E-state index is 5.94. The average Bonchev–Trinajstić information content (AvgIpc) is 2.59. The van der Waals surface area contributed by atoms with Gasteiger partial charge in [-0.05, 0) is 43.7 Å². The average molecular weight is 251 g/mol. The van der Waals surface area contributed by atoms with Crippen LogP contribution in [0.3, 0.4) is 0 Å². The van der Waals surface area contributed by atoms with Gasteiger partial charge in [-0.1, -0.05) is 18.5 Å². The van der Waals surface area contributed by atoms with E-state index in [9.17, 15) is 0 Å². The Morgan fingerprint density at radius 1 is 1.12 bits per heavy atom. The minimum Gasteiger partial charge on any atom is -0.368 e. The van der Waals surface area contributed by atoms with E-state index < -0.39 is 0 Å². The van der Waals surface area contributed by atoms with Gasteiger partial charge in [0, 0.05) is 35.9 Å². The molecule has 3 heteroatoms. The van der Waals surface area contributed by atoms with Gasteiger partial charge in [-0.15, -0.1) is 0 Å². The summed E-state index contributed by atoms with van der Waals surface area (Å²) in [6.07, 6.45) is 2.73. The summed E-state index contributed by atoms with van der Waals surface area (Å²) in [6, 6.07) is 9.78. The summed E-state index contributed by atoms with van der Waals surface area (Å²) in [5.41, 5.74) is 1.32. The van der Waals surface area contributed by atoms with E-state index in [0.717, 1.165) is 17.1 Å². The quantitative estimate of drug-likeness (QED) is 0.796. The molecule has 0 aliphatic carbocycles. The van der Waals surface area contributed by atoms with Crippen LogP contribution in [0.4, 0.5) is 5.69 Å². The fourth-order valence-corrected chi connectivity index (χ4v) is 3.50. The largest absolute Gasteiger partial charge is 0.368 e. The van der Waals surface area contributed by atoms with Gasteiger partial charge in [-0.2, -0.15) is 0 Å². The van der Waals surface area contributed by atoms with E-state index >= 15 is 0 Å². The molecule has 2 aliphatic rings. The molecule has 0 spiro atoms. The van der Waals surface area contributed by atoms with E-state index in [1.165, 1.54) is 38.2 Å². The summed E-state index contributed by atoms with van der Waals surface area (Å²) in [4.78, 5) is 5.19. The van der Waals surface area contributed by atoms with Crippen LogP contribution in [0.25, 0.3) is 0 Å². The molecule has 2 unspecified atom stereocenters. The van der Waals surface area contributed by atoms with Crippen molar-refractivity contribution in [3.63, 3.8) is 0 Å². The van der Waals surface area contributed by atoms with Crippen molar-refractivity contribution in [2.24, 2.45) is 0 Å². The second kappa shape index (κ2) is 4.51. The number of rotatable bonds is 2.